The number of aliphatic hydroxyl groups is 1. The molecule has 2 aromatic heterocycles. The van der Waals surface area contributed by atoms with E-state index in [9.17, 15) is 5.11 Å². The summed E-state index contributed by atoms with van der Waals surface area (Å²) < 4.78 is 1.97. The molecule has 2 aromatic rings. The predicted molar refractivity (Wildman–Crippen MR) is 74.6 cm³/mol. The van der Waals surface area contributed by atoms with Gasteiger partial charge in [0.25, 0.3) is 0 Å². The van der Waals surface area contributed by atoms with E-state index >= 15 is 0 Å². The molecule has 0 radical (unpaired) electrons. The molecule has 0 aromatic carbocycles. The number of imidazole rings is 1. The summed E-state index contributed by atoms with van der Waals surface area (Å²) in [6.07, 6.45) is 7.13. The number of aromatic nitrogens is 3. The number of piperidine rings is 1. The van der Waals surface area contributed by atoms with Crippen LogP contribution in [0.25, 0.3) is 5.65 Å². The maximum atomic E-state index is 10.0. The fourth-order valence-corrected chi connectivity index (χ4v) is 2.45. The van der Waals surface area contributed by atoms with E-state index in [2.05, 4.69) is 20.2 Å². The lowest BCUT2D eigenvalue weighted by Gasteiger charge is -2.36. The highest BCUT2D eigenvalue weighted by Gasteiger charge is 2.29. The first kappa shape index (κ1) is 12.2. The Morgan fingerprint density at radius 2 is 2.11 bits per heavy atom. The highest BCUT2D eigenvalue weighted by molar-refractivity contribution is 5.67. The minimum atomic E-state index is -0.553. The molecule has 2 N–H and O–H groups in total. The highest BCUT2D eigenvalue weighted by Crippen LogP contribution is 2.27. The minimum absolute atomic E-state index is 0.553. The second kappa shape index (κ2) is 4.38. The SMILES string of the molecule is CNc1cn2ccnc2c(N2CCC(C)(O)CC2)n1. The number of anilines is 2. The van der Waals surface area contributed by atoms with E-state index in [4.69, 9.17) is 0 Å². The van der Waals surface area contributed by atoms with E-state index in [1.54, 1.807) is 6.20 Å². The lowest BCUT2D eigenvalue weighted by Crippen LogP contribution is -2.43. The van der Waals surface area contributed by atoms with Crippen molar-refractivity contribution in [2.75, 3.05) is 30.4 Å². The van der Waals surface area contributed by atoms with Crippen LogP contribution in [0.3, 0.4) is 0 Å². The third kappa shape index (κ3) is 2.23. The van der Waals surface area contributed by atoms with E-state index in [1.165, 1.54) is 0 Å². The van der Waals surface area contributed by atoms with Crippen molar-refractivity contribution in [1.82, 2.24) is 14.4 Å². The van der Waals surface area contributed by atoms with Crippen molar-refractivity contribution < 1.29 is 5.11 Å². The molecule has 0 aliphatic carbocycles. The van der Waals surface area contributed by atoms with Crippen molar-refractivity contribution in [3.63, 3.8) is 0 Å². The maximum Gasteiger partial charge on any atom is 0.180 e. The standard InChI is InChI=1S/C13H19N5O/c1-13(19)3-6-17(7-4-13)12-11-15-5-8-18(11)9-10(14-2)16-12/h5,8-9,14,19H,3-4,6-7H2,1-2H3. The lowest BCUT2D eigenvalue weighted by atomic mass is 9.94. The summed E-state index contributed by atoms with van der Waals surface area (Å²) in [5.41, 5.74) is 0.309. The first-order valence-electron chi connectivity index (χ1n) is 6.58. The Morgan fingerprint density at radius 1 is 1.37 bits per heavy atom. The summed E-state index contributed by atoms with van der Waals surface area (Å²) >= 11 is 0. The van der Waals surface area contributed by atoms with Crippen LogP contribution in [0.5, 0.6) is 0 Å². The van der Waals surface area contributed by atoms with Gasteiger partial charge in [-0.15, -0.1) is 0 Å². The molecular formula is C13H19N5O. The topological polar surface area (TPSA) is 65.7 Å². The van der Waals surface area contributed by atoms with E-state index in [0.717, 1.165) is 43.2 Å². The number of rotatable bonds is 2. The molecule has 0 amide bonds. The zero-order valence-corrected chi connectivity index (χ0v) is 11.3. The maximum absolute atomic E-state index is 10.0. The Kier molecular flexibility index (Phi) is 2.82. The summed E-state index contributed by atoms with van der Waals surface area (Å²) in [5, 5.41) is 13.1. The van der Waals surface area contributed by atoms with Gasteiger partial charge in [0.05, 0.1) is 11.8 Å². The largest absolute Gasteiger partial charge is 0.390 e. The lowest BCUT2D eigenvalue weighted by molar-refractivity contribution is 0.0350. The molecule has 102 valence electrons. The van der Waals surface area contributed by atoms with Crippen LogP contribution in [0.4, 0.5) is 11.6 Å². The number of hydrogen-bond donors (Lipinski definition) is 2. The van der Waals surface area contributed by atoms with E-state index in [0.29, 0.717) is 0 Å². The third-order valence-corrected chi connectivity index (χ3v) is 3.75. The summed E-state index contributed by atoms with van der Waals surface area (Å²) in [4.78, 5) is 11.2. The Morgan fingerprint density at radius 3 is 2.79 bits per heavy atom. The molecule has 0 saturated carbocycles. The van der Waals surface area contributed by atoms with Gasteiger partial charge < -0.3 is 19.7 Å². The average molecular weight is 261 g/mol. The zero-order chi connectivity index (χ0) is 13.5. The number of hydrogen-bond acceptors (Lipinski definition) is 5. The molecule has 19 heavy (non-hydrogen) atoms. The van der Waals surface area contributed by atoms with E-state index in [1.807, 2.05) is 30.8 Å². The summed E-state index contributed by atoms with van der Waals surface area (Å²) in [7, 11) is 1.86. The van der Waals surface area contributed by atoms with Gasteiger partial charge in [-0.3, -0.25) is 0 Å². The van der Waals surface area contributed by atoms with E-state index < -0.39 is 5.60 Å². The predicted octanol–water partition coefficient (Wildman–Crippen LogP) is 1.12. The van der Waals surface area contributed by atoms with Crippen LogP contribution >= 0.6 is 0 Å². The molecule has 1 aliphatic rings. The molecule has 6 nitrogen and oxygen atoms in total. The Balaban J connectivity index is 1.98. The van der Waals surface area contributed by atoms with Gasteiger partial charge in [-0.25, -0.2) is 9.97 Å². The summed E-state index contributed by atoms with van der Waals surface area (Å²) in [5.74, 6) is 1.70. The summed E-state index contributed by atoms with van der Waals surface area (Å²) in [6, 6.07) is 0. The van der Waals surface area contributed by atoms with Crippen molar-refractivity contribution in [3.05, 3.63) is 18.6 Å². The first-order chi connectivity index (χ1) is 9.09. The van der Waals surface area contributed by atoms with Crippen LogP contribution in [-0.2, 0) is 0 Å². The molecule has 0 unspecified atom stereocenters. The minimum Gasteiger partial charge on any atom is -0.390 e. The monoisotopic (exact) mass is 261 g/mol. The second-order valence-electron chi connectivity index (χ2n) is 5.34. The van der Waals surface area contributed by atoms with Crippen LogP contribution in [0.2, 0.25) is 0 Å². The smallest absolute Gasteiger partial charge is 0.180 e. The molecular weight excluding hydrogens is 242 g/mol. The number of nitrogens with zero attached hydrogens (tertiary/aromatic N) is 4. The van der Waals surface area contributed by atoms with Gasteiger partial charge in [0, 0.05) is 32.5 Å². The Labute approximate surface area is 112 Å². The Bertz CT molecular complexity index is 582. The third-order valence-electron chi connectivity index (χ3n) is 3.75. The van der Waals surface area contributed by atoms with Crippen molar-refractivity contribution in [2.24, 2.45) is 0 Å². The van der Waals surface area contributed by atoms with Gasteiger partial charge in [0.2, 0.25) is 0 Å². The normalized spacial score (nSPS) is 18.8. The Hall–Kier alpha value is -1.82. The molecule has 1 aliphatic heterocycles. The van der Waals surface area contributed by atoms with Gasteiger partial charge in [0.1, 0.15) is 5.82 Å². The molecule has 1 fully saturated rings. The van der Waals surface area contributed by atoms with Crippen molar-refractivity contribution in [2.45, 2.75) is 25.4 Å². The molecule has 1 saturated heterocycles. The van der Waals surface area contributed by atoms with Gasteiger partial charge >= 0.3 is 0 Å². The van der Waals surface area contributed by atoms with E-state index in [-0.39, 0.29) is 0 Å². The molecule has 0 atom stereocenters. The summed E-state index contributed by atoms with van der Waals surface area (Å²) in [6.45, 7) is 3.50. The fraction of sp³-hybridized carbons (Fsp3) is 0.538. The number of fused-ring (bicyclic) bond motifs is 1. The number of nitrogens with one attached hydrogen (secondary N) is 1. The molecule has 0 spiro atoms. The van der Waals surface area contributed by atoms with Crippen molar-refractivity contribution in [3.8, 4) is 0 Å². The van der Waals surface area contributed by atoms with Crippen LogP contribution < -0.4 is 10.2 Å². The fourth-order valence-electron chi connectivity index (χ4n) is 2.45. The quantitative estimate of drug-likeness (QED) is 0.848. The highest BCUT2D eigenvalue weighted by atomic mass is 16.3. The molecule has 6 heteroatoms. The van der Waals surface area contributed by atoms with Gasteiger partial charge in [0.15, 0.2) is 11.5 Å². The van der Waals surface area contributed by atoms with Crippen LogP contribution in [0.15, 0.2) is 18.6 Å². The molecule has 0 bridgehead atoms. The first-order valence-corrected chi connectivity index (χ1v) is 6.58. The van der Waals surface area contributed by atoms with Crippen LogP contribution in [0.1, 0.15) is 19.8 Å². The van der Waals surface area contributed by atoms with Crippen molar-refractivity contribution in [1.29, 1.82) is 0 Å². The molecule has 3 rings (SSSR count). The molecule has 3 heterocycles. The van der Waals surface area contributed by atoms with Crippen molar-refractivity contribution >= 4 is 17.3 Å². The van der Waals surface area contributed by atoms with Crippen LogP contribution in [0, 0.1) is 0 Å². The van der Waals surface area contributed by atoms with Gasteiger partial charge in [-0.05, 0) is 19.8 Å². The average Bonchev–Trinajstić information content (AvgIpc) is 2.86. The van der Waals surface area contributed by atoms with Gasteiger partial charge in [-0.1, -0.05) is 0 Å². The second-order valence-corrected chi connectivity index (χ2v) is 5.34. The zero-order valence-electron chi connectivity index (χ0n) is 11.3. The van der Waals surface area contributed by atoms with Crippen LogP contribution in [-0.4, -0.2) is 45.2 Å². The van der Waals surface area contributed by atoms with Gasteiger partial charge in [-0.2, -0.15) is 0 Å².